The van der Waals surface area contributed by atoms with Gasteiger partial charge in [0.05, 0.1) is 19.3 Å². The second kappa shape index (κ2) is 9.63. The van der Waals surface area contributed by atoms with Crippen LogP contribution in [0.1, 0.15) is 15.9 Å². The van der Waals surface area contributed by atoms with Crippen molar-refractivity contribution in [1.29, 1.82) is 0 Å². The molecular formula is C21H21N3O5S2. The molecule has 2 aromatic carbocycles. The van der Waals surface area contributed by atoms with E-state index >= 15 is 0 Å². The zero-order valence-electron chi connectivity index (χ0n) is 16.8. The van der Waals surface area contributed by atoms with E-state index in [1.54, 1.807) is 23.6 Å². The number of amides is 2. The van der Waals surface area contributed by atoms with Gasteiger partial charge in [0.25, 0.3) is 15.9 Å². The molecule has 3 aromatic rings. The van der Waals surface area contributed by atoms with Gasteiger partial charge in [0.15, 0.2) is 0 Å². The highest BCUT2D eigenvalue weighted by Gasteiger charge is 2.16. The molecule has 0 saturated carbocycles. The van der Waals surface area contributed by atoms with E-state index in [2.05, 4.69) is 15.4 Å². The van der Waals surface area contributed by atoms with Crippen LogP contribution in [0, 0.1) is 6.92 Å². The smallest absolute Gasteiger partial charge is 0.271 e. The molecule has 0 spiro atoms. The van der Waals surface area contributed by atoms with Gasteiger partial charge in [0.1, 0.15) is 9.96 Å². The van der Waals surface area contributed by atoms with Crippen molar-refractivity contribution in [2.75, 3.05) is 23.7 Å². The van der Waals surface area contributed by atoms with E-state index in [4.69, 9.17) is 4.74 Å². The number of hydrogen-bond acceptors (Lipinski definition) is 6. The highest BCUT2D eigenvalue weighted by Crippen LogP contribution is 2.25. The Morgan fingerprint density at radius 2 is 1.81 bits per heavy atom. The van der Waals surface area contributed by atoms with Gasteiger partial charge in [-0.15, -0.1) is 11.3 Å². The third-order valence-corrected chi connectivity index (χ3v) is 6.98. The molecule has 0 saturated heterocycles. The predicted molar refractivity (Wildman–Crippen MR) is 120 cm³/mol. The van der Waals surface area contributed by atoms with Crippen LogP contribution in [0.4, 0.5) is 11.4 Å². The summed E-state index contributed by atoms with van der Waals surface area (Å²) in [6, 6.07) is 14.5. The summed E-state index contributed by atoms with van der Waals surface area (Å²) in [5.41, 5.74) is 2.09. The number of carbonyl (C=O) groups is 2. The van der Waals surface area contributed by atoms with E-state index in [0.717, 1.165) is 16.9 Å². The molecule has 8 nitrogen and oxygen atoms in total. The molecular weight excluding hydrogens is 438 g/mol. The lowest BCUT2D eigenvalue weighted by Crippen LogP contribution is -2.32. The van der Waals surface area contributed by atoms with Crippen LogP contribution in [-0.2, 0) is 14.8 Å². The molecule has 0 unspecified atom stereocenters. The molecule has 0 aliphatic rings. The van der Waals surface area contributed by atoms with E-state index in [-0.39, 0.29) is 10.8 Å². The number of methoxy groups -OCH3 is 1. The number of nitrogens with one attached hydrogen (secondary N) is 3. The van der Waals surface area contributed by atoms with Crippen molar-refractivity contribution < 1.29 is 22.7 Å². The van der Waals surface area contributed by atoms with E-state index in [1.165, 1.54) is 37.4 Å². The number of hydrogen-bond donors (Lipinski definition) is 3. The van der Waals surface area contributed by atoms with Gasteiger partial charge in [-0.25, -0.2) is 8.42 Å². The molecule has 2 amide bonds. The van der Waals surface area contributed by atoms with Crippen LogP contribution >= 0.6 is 11.3 Å². The SMILES string of the molecule is COc1ccc(C)cc1NC(=O)CNC(=O)c1ccc(NS(=O)(=O)c2cccs2)cc1. The van der Waals surface area contributed by atoms with Crippen LogP contribution in [0.5, 0.6) is 5.75 Å². The first-order valence-corrected chi connectivity index (χ1v) is 11.5. The van der Waals surface area contributed by atoms with Crippen LogP contribution in [0.15, 0.2) is 64.2 Å². The summed E-state index contributed by atoms with van der Waals surface area (Å²) < 4.78 is 32.4. The van der Waals surface area contributed by atoms with Crippen LogP contribution in [-0.4, -0.2) is 33.9 Å². The van der Waals surface area contributed by atoms with Crippen molar-refractivity contribution in [3.63, 3.8) is 0 Å². The van der Waals surface area contributed by atoms with Crippen LogP contribution < -0.4 is 20.1 Å². The predicted octanol–water partition coefficient (Wildman–Crippen LogP) is 3.23. The Morgan fingerprint density at radius 1 is 1.06 bits per heavy atom. The number of carbonyl (C=O) groups excluding carboxylic acids is 2. The Morgan fingerprint density at radius 3 is 2.45 bits per heavy atom. The van der Waals surface area contributed by atoms with Crippen molar-refractivity contribution in [2.24, 2.45) is 0 Å². The topological polar surface area (TPSA) is 114 Å². The monoisotopic (exact) mass is 459 g/mol. The van der Waals surface area contributed by atoms with Crippen molar-refractivity contribution in [1.82, 2.24) is 5.32 Å². The molecule has 3 rings (SSSR count). The maximum Gasteiger partial charge on any atom is 0.271 e. The van der Waals surface area contributed by atoms with Crippen LogP contribution in [0.2, 0.25) is 0 Å². The summed E-state index contributed by atoms with van der Waals surface area (Å²) >= 11 is 1.11. The minimum Gasteiger partial charge on any atom is -0.495 e. The fraction of sp³-hybridized carbons (Fsp3) is 0.143. The largest absolute Gasteiger partial charge is 0.495 e. The molecule has 31 heavy (non-hydrogen) atoms. The van der Waals surface area contributed by atoms with Gasteiger partial charge in [-0.1, -0.05) is 12.1 Å². The number of ether oxygens (including phenoxy) is 1. The number of benzene rings is 2. The first-order chi connectivity index (χ1) is 14.8. The van der Waals surface area contributed by atoms with Crippen molar-refractivity contribution in [3.05, 3.63) is 71.1 Å². The van der Waals surface area contributed by atoms with Crippen molar-refractivity contribution in [3.8, 4) is 5.75 Å². The second-order valence-corrected chi connectivity index (χ2v) is 9.41. The van der Waals surface area contributed by atoms with E-state index < -0.39 is 21.8 Å². The lowest BCUT2D eigenvalue weighted by molar-refractivity contribution is -0.115. The van der Waals surface area contributed by atoms with Gasteiger partial charge in [-0.05, 0) is 60.3 Å². The Bertz CT molecular complexity index is 1170. The third-order valence-electron chi connectivity index (χ3n) is 4.20. The molecule has 0 radical (unpaired) electrons. The quantitative estimate of drug-likeness (QED) is 0.479. The Labute approximate surface area is 184 Å². The fourth-order valence-corrected chi connectivity index (χ4v) is 4.74. The number of thiophene rings is 1. The molecule has 162 valence electrons. The molecule has 0 aliphatic heterocycles. The van der Waals surface area contributed by atoms with Gasteiger partial charge in [-0.3, -0.25) is 14.3 Å². The summed E-state index contributed by atoms with van der Waals surface area (Å²) in [5, 5.41) is 6.91. The molecule has 10 heteroatoms. The van der Waals surface area contributed by atoms with Gasteiger partial charge in [-0.2, -0.15) is 0 Å². The average Bonchev–Trinajstić information content (AvgIpc) is 3.28. The van der Waals surface area contributed by atoms with Gasteiger partial charge >= 0.3 is 0 Å². The maximum absolute atomic E-state index is 12.3. The van der Waals surface area contributed by atoms with E-state index in [1.807, 2.05) is 13.0 Å². The molecule has 1 aromatic heterocycles. The zero-order chi connectivity index (χ0) is 22.4. The standard InChI is InChI=1S/C21H21N3O5S2/c1-14-5-10-18(29-2)17(12-14)23-19(25)13-22-21(26)15-6-8-16(9-7-15)24-31(27,28)20-4-3-11-30-20/h3-12,24H,13H2,1-2H3,(H,22,26)(H,23,25). The highest BCUT2D eigenvalue weighted by molar-refractivity contribution is 7.94. The van der Waals surface area contributed by atoms with Gasteiger partial charge < -0.3 is 15.4 Å². The summed E-state index contributed by atoms with van der Waals surface area (Å²) in [7, 11) is -2.15. The van der Waals surface area contributed by atoms with E-state index in [0.29, 0.717) is 22.7 Å². The minimum atomic E-state index is -3.66. The Kier molecular flexibility index (Phi) is 6.93. The fourth-order valence-electron chi connectivity index (χ4n) is 2.69. The highest BCUT2D eigenvalue weighted by atomic mass is 32.2. The molecule has 1 heterocycles. The van der Waals surface area contributed by atoms with Crippen molar-refractivity contribution in [2.45, 2.75) is 11.1 Å². The molecule has 0 aliphatic carbocycles. The lowest BCUT2D eigenvalue weighted by atomic mass is 10.2. The second-order valence-electron chi connectivity index (χ2n) is 6.55. The number of anilines is 2. The number of aryl methyl sites for hydroxylation is 1. The summed E-state index contributed by atoms with van der Waals surface area (Å²) in [6.07, 6.45) is 0. The number of rotatable bonds is 8. The van der Waals surface area contributed by atoms with Gasteiger partial charge in [0.2, 0.25) is 5.91 Å². The summed E-state index contributed by atoms with van der Waals surface area (Å²) in [5.74, 6) is -0.345. The molecule has 0 atom stereocenters. The number of sulfonamides is 1. The zero-order valence-corrected chi connectivity index (χ0v) is 18.5. The molecule has 0 bridgehead atoms. The lowest BCUT2D eigenvalue weighted by Gasteiger charge is -2.12. The van der Waals surface area contributed by atoms with E-state index in [9.17, 15) is 18.0 Å². The molecule has 0 fully saturated rings. The van der Waals surface area contributed by atoms with Gasteiger partial charge in [0, 0.05) is 11.3 Å². The average molecular weight is 460 g/mol. The third kappa shape index (κ3) is 5.83. The first kappa shape index (κ1) is 22.3. The summed E-state index contributed by atoms with van der Waals surface area (Å²) in [4.78, 5) is 24.5. The minimum absolute atomic E-state index is 0.200. The Balaban J connectivity index is 1.56. The first-order valence-electron chi connectivity index (χ1n) is 9.17. The molecule has 3 N–H and O–H groups in total. The maximum atomic E-state index is 12.3. The normalized spacial score (nSPS) is 10.9. The van der Waals surface area contributed by atoms with Crippen molar-refractivity contribution >= 4 is 44.5 Å². The van der Waals surface area contributed by atoms with Crippen LogP contribution in [0.3, 0.4) is 0 Å². The summed E-state index contributed by atoms with van der Waals surface area (Å²) in [6.45, 7) is 1.66. The van der Waals surface area contributed by atoms with Crippen LogP contribution in [0.25, 0.3) is 0 Å². The Hall–Kier alpha value is -3.37.